The molecule has 13 nitrogen and oxygen atoms in total. The van der Waals surface area contributed by atoms with Crippen molar-refractivity contribution in [1.29, 1.82) is 0 Å². The van der Waals surface area contributed by atoms with E-state index in [0.29, 0.717) is 45.2 Å². The molecule has 0 aliphatic carbocycles. The average Bonchev–Trinajstić information content (AvgIpc) is 3.01. The molecule has 2 atom stereocenters. The van der Waals surface area contributed by atoms with Gasteiger partial charge in [0.2, 0.25) is 5.91 Å². The molecule has 0 aromatic heterocycles. The first-order chi connectivity index (χ1) is 21.3. The summed E-state index contributed by atoms with van der Waals surface area (Å²) in [5.41, 5.74) is 1.75. The maximum absolute atomic E-state index is 13.2. The molecule has 13 heteroatoms. The second-order valence-electron chi connectivity index (χ2n) is 10.4. The Bertz CT molecular complexity index is 1210. The number of aliphatic carboxylic acids is 1. The lowest BCUT2D eigenvalue weighted by molar-refractivity contribution is -0.145. The van der Waals surface area contributed by atoms with Gasteiger partial charge in [0.1, 0.15) is 25.8 Å². The van der Waals surface area contributed by atoms with Gasteiger partial charge in [0, 0.05) is 25.7 Å². The van der Waals surface area contributed by atoms with E-state index < -0.39 is 48.7 Å². The molecule has 1 aliphatic rings. The Hall–Kier alpha value is -4.81. The molecule has 238 valence electrons. The Labute approximate surface area is 256 Å². The highest BCUT2D eigenvalue weighted by atomic mass is 16.6. The van der Waals surface area contributed by atoms with Gasteiger partial charge >= 0.3 is 24.2 Å². The van der Waals surface area contributed by atoms with Crippen molar-refractivity contribution in [1.82, 2.24) is 26.2 Å². The van der Waals surface area contributed by atoms with E-state index in [2.05, 4.69) is 21.3 Å². The smallest absolute Gasteiger partial charge is 0.407 e. The second-order valence-corrected chi connectivity index (χ2v) is 10.4. The molecule has 3 rings (SSSR count). The normalized spacial score (nSPS) is 16.5. The lowest BCUT2D eigenvalue weighted by Gasteiger charge is -2.34. The van der Waals surface area contributed by atoms with E-state index in [9.17, 15) is 29.1 Å². The Kier molecular flexibility index (Phi) is 14.3. The minimum absolute atomic E-state index is 0.0520. The van der Waals surface area contributed by atoms with Gasteiger partial charge in [-0.25, -0.2) is 14.4 Å². The van der Waals surface area contributed by atoms with Crippen LogP contribution in [0.5, 0.6) is 0 Å². The van der Waals surface area contributed by atoms with Crippen LogP contribution in [0.1, 0.15) is 49.7 Å². The van der Waals surface area contributed by atoms with Gasteiger partial charge in [-0.1, -0.05) is 60.7 Å². The van der Waals surface area contributed by atoms with Gasteiger partial charge in [-0.2, -0.15) is 0 Å². The lowest BCUT2D eigenvalue weighted by atomic mass is 10.0. The summed E-state index contributed by atoms with van der Waals surface area (Å²) in [7, 11) is 0. The molecule has 0 radical (unpaired) electrons. The zero-order chi connectivity index (χ0) is 31.6. The molecule has 0 unspecified atom stereocenters. The van der Waals surface area contributed by atoms with Crippen molar-refractivity contribution in [2.75, 3.05) is 26.2 Å². The summed E-state index contributed by atoms with van der Waals surface area (Å²) >= 11 is 0. The van der Waals surface area contributed by atoms with Crippen LogP contribution < -0.4 is 21.3 Å². The van der Waals surface area contributed by atoms with E-state index in [1.54, 1.807) is 0 Å². The number of urea groups is 1. The van der Waals surface area contributed by atoms with E-state index in [-0.39, 0.29) is 26.2 Å². The average molecular weight is 612 g/mol. The van der Waals surface area contributed by atoms with Crippen LogP contribution >= 0.6 is 0 Å². The summed E-state index contributed by atoms with van der Waals surface area (Å²) in [6.45, 7) is 0.572. The largest absolute Gasteiger partial charge is 0.480 e. The third-order valence-corrected chi connectivity index (χ3v) is 6.88. The SMILES string of the molecule is O=C(O)CN1C[C@@H](CCCCNC(=O)OCc2ccccc2)NC(=O)N[C@@H](CCCCNC(=O)OCc2ccccc2)C1=O. The summed E-state index contributed by atoms with van der Waals surface area (Å²) in [6, 6.07) is 16.7. The molecular formula is C31H41N5O8. The predicted octanol–water partition coefficient (Wildman–Crippen LogP) is 3.14. The number of unbranched alkanes of at least 4 members (excludes halogenated alkanes) is 2. The Morgan fingerprint density at radius 3 is 1.82 bits per heavy atom. The summed E-state index contributed by atoms with van der Waals surface area (Å²) in [6.07, 6.45) is 1.93. The number of nitrogens with one attached hydrogen (secondary N) is 4. The molecule has 44 heavy (non-hydrogen) atoms. The first kappa shape index (κ1) is 33.7. The summed E-state index contributed by atoms with van der Waals surface area (Å²) in [5.74, 6) is -1.62. The van der Waals surface area contributed by atoms with Gasteiger partial charge in [-0.05, 0) is 49.7 Å². The maximum Gasteiger partial charge on any atom is 0.407 e. The molecule has 1 fully saturated rings. The number of alkyl carbamates (subject to hydrolysis) is 2. The Morgan fingerprint density at radius 1 is 0.773 bits per heavy atom. The van der Waals surface area contributed by atoms with Crippen molar-refractivity contribution in [3.05, 3.63) is 71.8 Å². The topological polar surface area (TPSA) is 175 Å². The third kappa shape index (κ3) is 13.0. The monoisotopic (exact) mass is 611 g/mol. The molecule has 0 saturated carbocycles. The van der Waals surface area contributed by atoms with Crippen molar-refractivity contribution in [3.8, 4) is 0 Å². The zero-order valence-corrected chi connectivity index (χ0v) is 24.7. The highest BCUT2D eigenvalue weighted by Crippen LogP contribution is 2.12. The quantitative estimate of drug-likeness (QED) is 0.180. The molecule has 0 bridgehead atoms. The predicted molar refractivity (Wildman–Crippen MR) is 160 cm³/mol. The van der Waals surface area contributed by atoms with Crippen LogP contribution in [0.15, 0.2) is 60.7 Å². The highest BCUT2D eigenvalue weighted by Gasteiger charge is 2.32. The van der Waals surface area contributed by atoms with Crippen LogP contribution in [0.2, 0.25) is 0 Å². The molecule has 5 N–H and O–H groups in total. The van der Waals surface area contributed by atoms with Gasteiger partial charge in [-0.15, -0.1) is 0 Å². The van der Waals surface area contributed by atoms with Crippen LogP contribution in [-0.4, -0.2) is 78.4 Å². The number of carboxylic acids is 1. The fourth-order valence-electron chi connectivity index (χ4n) is 4.65. The molecule has 1 heterocycles. The number of hydrogen-bond donors (Lipinski definition) is 5. The lowest BCUT2D eigenvalue weighted by Crippen LogP contribution is -2.60. The van der Waals surface area contributed by atoms with Gasteiger partial charge < -0.3 is 40.7 Å². The van der Waals surface area contributed by atoms with Gasteiger partial charge in [0.05, 0.1) is 0 Å². The third-order valence-electron chi connectivity index (χ3n) is 6.88. The number of rotatable bonds is 16. The molecule has 5 amide bonds. The Balaban J connectivity index is 1.36. The van der Waals surface area contributed by atoms with Crippen molar-refractivity contribution in [2.45, 2.75) is 63.8 Å². The van der Waals surface area contributed by atoms with Crippen LogP contribution in [0.4, 0.5) is 14.4 Å². The number of nitrogens with zero attached hydrogens (tertiary/aromatic N) is 1. The van der Waals surface area contributed by atoms with Crippen LogP contribution in [0, 0.1) is 0 Å². The molecular weight excluding hydrogens is 570 g/mol. The van der Waals surface area contributed by atoms with Crippen molar-refractivity contribution >= 4 is 30.1 Å². The number of carbonyl (C=O) groups is 5. The number of benzene rings is 2. The van der Waals surface area contributed by atoms with E-state index in [0.717, 1.165) is 11.1 Å². The van der Waals surface area contributed by atoms with E-state index >= 15 is 0 Å². The number of ether oxygens (including phenoxy) is 2. The number of carbonyl (C=O) groups excluding carboxylic acids is 4. The van der Waals surface area contributed by atoms with Crippen molar-refractivity contribution in [2.24, 2.45) is 0 Å². The number of carboxylic acid groups (broad SMARTS) is 1. The van der Waals surface area contributed by atoms with Gasteiger partial charge in [0.15, 0.2) is 0 Å². The standard InChI is InChI=1S/C31H41N5O8/c37-27(38)20-36-19-25(15-7-9-17-32-30(41)43-21-23-11-3-1-4-12-23)34-29(40)35-26(28(36)39)16-8-10-18-33-31(42)44-22-24-13-5-2-6-14-24/h1-6,11-14,25-26H,7-10,15-22H2,(H,32,41)(H,33,42)(H,37,38)(H2,34,35,40)/t25-,26+/m1/s1. The molecule has 2 aromatic carbocycles. The Morgan fingerprint density at radius 2 is 1.30 bits per heavy atom. The summed E-state index contributed by atoms with van der Waals surface area (Å²) in [4.78, 5) is 62.4. The van der Waals surface area contributed by atoms with Gasteiger partial charge in [0.25, 0.3) is 0 Å². The molecule has 1 aliphatic heterocycles. The molecule has 2 aromatic rings. The molecule has 1 saturated heterocycles. The van der Waals surface area contributed by atoms with Crippen LogP contribution in [0.3, 0.4) is 0 Å². The summed E-state index contributed by atoms with van der Waals surface area (Å²) < 4.78 is 10.3. The van der Waals surface area contributed by atoms with E-state index in [4.69, 9.17) is 9.47 Å². The second kappa shape index (κ2) is 18.7. The minimum Gasteiger partial charge on any atom is -0.480 e. The highest BCUT2D eigenvalue weighted by molar-refractivity contribution is 5.90. The van der Waals surface area contributed by atoms with Gasteiger partial charge in [-0.3, -0.25) is 9.59 Å². The number of amides is 5. The molecule has 0 spiro atoms. The fourth-order valence-corrected chi connectivity index (χ4v) is 4.65. The maximum atomic E-state index is 13.2. The summed E-state index contributed by atoms with van der Waals surface area (Å²) in [5, 5.41) is 20.2. The first-order valence-electron chi connectivity index (χ1n) is 14.8. The minimum atomic E-state index is -1.15. The van der Waals surface area contributed by atoms with Crippen molar-refractivity contribution < 1.29 is 38.6 Å². The van der Waals surface area contributed by atoms with Crippen molar-refractivity contribution in [3.63, 3.8) is 0 Å². The van der Waals surface area contributed by atoms with Crippen LogP contribution in [-0.2, 0) is 32.3 Å². The van der Waals surface area contributed by atoms with E-state index in [1.165, 1.54) is 4.90 Å². The number of hydrogen-bond acceptors (Lipinski definition) is 7. The van der Waals surface area contributed by atoms with Crippen LogP contribution in [0.25, 0.3) is 0 Å². The zero-order valence-electron chi connectivity index (χ0n) is 24.7. The fraction of sp³-hybridized carbons (Fsp3) is 0.452. The van der Waals surface area contributed by atoms with E-state index in [1.807, 2.05) is 60.7 Å². The first-order valence-corrected chi connectivity index (χ1v) is 14.8.